The third-order valence-corrected chi connectivity index (χ3v) is 5.52. The number of hydrogen-bond donors (Lipinski definition) is 2. The molecule has 2 aromatic rings. The highest BCUT2D eigenvalue weighted by Gasteiger charge is 2.52. The van der Waals surface area contributed by atoms with Gasteiger partial charge in [0.15, 0.2) is 0 Å². The van der Waals surface area contributed by atoms with Crippen LogP contribution < -0.4 is 5.32 Å². The summed E-state index contributed by atoms with van der Waals surface area (Å²) in [4.78, 5) is 14.8. The highest BCUT2D eigenvalue weighted by Crippen LogP contribution is 2.53. The van der Waals surface area contributed by atoms with Gasteiger partial charge in [0, 0.05) is 18.5 Å². The van der Waals surface area contributed by atoms with Crippen molar-refractivity contribution in [1.29, 1.82) is 0 Å². The Hall–Kier alpha value is -2.33. The van der Waals surface area contributed by atoms with Gasteiger partial charge in [-0.05, 0) is 55.6 Å². The number of nitrogens with one attached hydrogen (secondary N) is 1. The van der Waals surface area contributed by atoms with E-state index in [-0.39, 0.29) is 23.6 Å². The molecule has 1 fully saturated rings. The third kappa shape index (κ3) is 4.25. The summed E-state index contributed by atoms with van der Waals surface area (Å²) in [6.45, 7) is 2.78. The molecular weight excluding hydrogens is 324 g/mol. The quantitative estimate of drug-likeness (QED) is 0.805. The van der Waals surface area contributed by atoms with Gasteiger partial charge in [-0.25, -0.2) is 0 Å². The van der Waals surface area contributed by atoms with E-state index in [0.717, 1.165) is 12.0 Å². The van der Waals surface area contributed by atoms with Crippen molar-refractivity contribution in [2.75, 3.05) is 20.6 Å². The number of carbonyl (C=O) groups is 1. The average Bonchev–Trinajstić information content (AvgIpc) is 3.31. The van der Waals surface area contributed by atoms with Crippen LogP contribution in [0.2, 0.25) is 0 Å². The Kier molecular flexibility index (Phi) is 5.62. The predicted octanol–water partition coefficient (Wildman–Crippen LogP) is 3.03. The summed E-state index contributed by atoms with van der Waals surface area (Å²) >= 11 is 0. The van der Waals surface area contributed by atoms with Gasteiger partial charge in [-0.3, -0.25) is 4.79 Å². The smallest absolute Gasteiger partial charge is 0.224 e. The zero-order valence-electron chi connectivity index (χ0n) is 15.7. The van der Waals surface area contributed by atoms with Crippen molar-refractivity contribution in [3.05, 3.63) is 65.7 Å². The minimum atomic E-state index is 0.0777. The molecule has 0 heterocycles. The van der Waals surface area contributed by atoms with Crippen LogP contribution in [0.4, 0.5) is 0 Å². The van der Waals surface area contributed by atoms with Crippen molar-refractivity contribution in [2.45, 2.75) is 25.3 Å². The van der Waals surface area contributed by atoms with E-state index in [1.807, 2.05) is 44.4 Å². The third-order valence-electron chi connectivity index (χ3n) is 5.52. The average molecular weight is 352 g/mol. The molecule has 1 amide bonds. The number of nitrogens with zero attached hydrogens (tertiary/aromatic N) is 1. The van der Waals surface area contributed by atoms with Crippen molar-refractivity contribution in [2.24, 2.45) is 11.8 Å². The SMILES string of the molecule is C[C@H]1[C@@H](C(=O)NC[C@H](Cc2ccc(O)cc2)N(C)C)[C@@H]1c1ccccc1. The molecular formula is C22H28N2O2. The van der Waals surface area contributed by atoms with Gasteiger partial charge in [-0.15, -0.1) is 0 Å². The second kappa shape index (κ2) is 7.92. The topological polar surface area (TPSA) is 52.6 Å². The maximum Gasteiger partial charge on any atom is 0.224 e. The second-order valence-corrected chi connectivity index (χ2v) is 7.55. The van der Waals surface area contributed by atoms with Crippen molar-refractivity contribution in [3.63, 3.8) is 0 Å². The normalized spacial score (nSPS) is 22.8. The number of amides is 1. The fraction of sp³-hybridized carbons (Fsp3) is 0.409. The highest BCUT2D eigenvalue weighted by atomic mass is 16.3. The lowest BCUT2D eigenvalue weighted by Gasteiger charge is -2.25. The van der Waals surface area contributed by atoms with E-state index in [0.29, 0.717) is 18.4 Å². The first-order valence-electron chi connectivity index (χ1n) is 9.24. The first kappa shape index (κ1) is 18.5. The molecule has 0 unspecified atom stereocenters. The lowest BCUT2D eigenvalue weighted by Crippen LogP contribution is -2.42. The summed E-state index contributed by atoms with van der Waals surface area (Å²) in [5, 5.41) is 12.6. The first-order chi connectivity index (χ1) is 12.5. The molecule has 4 nitrogen and oxygen atoms in total. The van der Waals surface area contributed by atoms with Crippen LogP contribution in [0.15, 0.2) is 54.6 Å². The molecule has 0 aliphatic heterocycles. The zero-order valence-corrected chi connectivity index (χ0v) is 15.7. The lowest BCUT2D eigenvalue weighted by atomic mass is 10.0. The summed E-state index contributed by atoms with van der Waals surface area (Å²) in [5.41, 5.74) is 2.41. The van der Waals surface area contributed by atoms with Crippen LogP contribution in [0.25, 0.3) is 0 Å². The van der Waals surface area contributed by atoms with Gasteiger partial charge >= 0.3 is 0 Å². The van der Waals surface area contributed by atoms with Gasteiger partial charge in [0.2, 0.25) is 5.91 Å². The molecule has 3 rings (SSSR count). The molecule has 1 aliphatic rings. The second-order valence-electron chi connectivity index (χ2n) is 7.55. The van der Waals surface area contributed by atoms with Crippen molar-refractivity contribution >= 4 is 5.91 Å². The van der Waals surface area contributed by atoms with Crippen LogP contribution in [0.3, 0.4) is 0 Å². The molecule has 2 N–H and O–H groups in total. The van der Waals surface area contributed by atoms with Gasteiger partial charge in [-0.2, -0.15) is 0 Å². The highest BCUT2D eigenvalue weighted by molar-refractivity contribution is 5.83. The van der Waals surface area contributed by atoms with Crippen LogP contribution in [0, 0.1) is 11.8 Å². The Labute approximate surface area is 155 Å². The standard InChI is InChI=1S/C22H28N2O2/c1-15-20(17-7-5-4-6-8-17)21(15)22(26)23-14-18(24(2)3)13-16-9-11-19(25)12-10-16/h4-12,15,18,20-21,25H,13-14H2,1-3H3,(H,23,26)/t15-,18+,20+,21-/m1/s1. The number of carbonyl (C=O) groups excluding carboxylic acids is 1. The van der Waals surface area contributed by atoms with Crippen LogP contribution in [0.5, 0.6) is 5.75 Å². The Balaban J connectivity index is 1.56. The molecule has 0 bridgehead atoms. The van der Waals surface area contributed by atoms with Crippen LogP contribution in [0.1, 0.15) is 24.0 Å². The first-order valence-corrected chi connectivity index (χ1v) is 9.24. The van der Waals surface area contributed by atoms with E-state index in [9.17, 15) is 9.90 Å². The van der Waals surface area contributed by atoms with Crippen LogP contribution in [-0.4, -0.2) is 42.6 Å². The minimum Gasteiger partial charge on any atom is -0.508 e. The number of rotatable bonds is 7. The van der Waals surface area contributed by atoms with E-state index in [1.165, 1.54) is 5.56 Å². The van der Waals surface area contributed by atoms with Crippen molar-refractivity contribution in [1.82, 2.24) is 10.2 Å². The van der Waals surface area contributed by atoms with Crippen LogP contribution in [-0.2, 0) is 11.2 Å². The summed E-state index contributed by atoms with van der Waals surface area (Å²) in [6.07, 6.45) is 0.829. The molecule has 1 saturated carbocycles. The number of benzene rings is 2. The molecule has 2 aromatic carbocycles. The number of phenols is 1. The van der Waals surface area contributed by atoms with Crippen LogP contribution >= 0.6 is 0 Å². The Morgan fingerprint density at radius 2 is 1.77 bits per heavy atom. The zero-order chi connectivity index (χ0) is 18.7. The van der Waals surface area contributed by atoms with Gasteiger partial charge in [0.05, 0.1) is 0 Å². The van der Waals surface area contributed by atoms with Gasteiger partial charge in [0.1, 0.15) is 5.75 Å². The summed E-state index contributed by atoms with van der Waals surface area (Å²) in [5.74, 6) is 1.24. The molecule has 0 saturated heterocycles. The van der Waals surface area contributed by atoms with Gasteiger partial charge in [0.25, 0.3) is 0 Å². The number of phenolic OH excluding ortho intramolecular Hbond substituents is 1. The van der Waals surface area contributed by atoms with Crippen molar-refractivity contribution in [3.8, 4) is 5.75 Å². The molecule has 138 valence electrons. The van der Waals surface area contributed by atoms with E-state index in [4.69, 9.17) is 0 Å². The predicted molar refractivity (Wildman–Crippen MR) is 104 cm³/mol. The molecule has 0 spiro atoms. The van der Waals surface area contributed by atoms with Crippen molar-refractivity contribution < 1.29 is 9.90 Å². The van der Waals surface area contributed by atoms with E-state index in [2.05, 4.69) is 29.3 Å². The van der Waals surface area contributed by atoms with E-state index in [1.54, 1.807) is 12.1 Å². The summed E-state index contributed by atoms with van der Waals surface area (Å²) < 4.78 is 0. The Bertz CT molecular complexity index is 728. The number of likely N-dealkylation sites (N-methyl/N-ethyl adjacent to an activating group) is 1. The Morgan fingerprint density at radius 3 is 2.38 bits per heavy atom. The van der Waals surface area contributed by atoms with E-state index < -0.39 is 0 Å². The molecule has 26 heavy (non-hydrogen) atoms. The maximum absolute atomic E-state index is 12.7. The lowest BCUT2D eigenvalue weighted by molar-refractivity contribution is -0.122. The molecule has 4 atom stereocenters. The molecule has 1 aliphatic carbocycles. The number of hydrogen-bond acceptors (Lipinski definition) is 3. The fourth-order valence-corrected chi connectivity index (χ4v) is 3.73. The largest absolute Gasteiger partial charge is 0.508 e. The molecule has 0 radical (unpaired) electrons. The van der Waals surface area contributed by atoms with Gasteiger partial charge in [-0.1, -0.05) is 49.4 Å². The van der Waals surface area contributed by atoms with E-state index >= 15 is 0 Å². The maximum atomic E-state index is 12.7. The van der Waals surface area contributed by atoms with Gasteiger partial charge < -0.3 is 15.3 Å². The summed E-state index contributed by atoms with van der Waals surface area (Å²) in [7, 11) is 4.06. The monoisotopic (exact) mass is 352 g/mol. The molecule has 4 heteroatoms. The number of aromatic hydroxyl groups is 1. The fourth-order valence-electron chi connectivity index (χ4n) is 3.73. The summed E-state index contributed by atoms with van der Waals surface area (Å²) in [6, 6.07) is 17.8. The minimum absolute atomic E-state index is 0.0777. The molecule has 0 aromatic heterocycles. The Morgan fingerprint density at radius 1 is 1.12 bits per heavy atom.